The van der Waals surface area contributed by atoms with E-state index < -0.39 is 49.5 Å². The zero-order valence-corrected chi connectivity index (χ0v) is 28.6. The van der Waals surface area contributed by atoms with Gasteiger partial charge in [0.05, 0.1) is 25.4 Å². The third-order valence-corrected chi connectivity index (χ3v) is 8.86. The molecule has 1 saturated heterocycles. The lowest BCUT2D eigenvalue weighted by Crippen LogP contribution is -2.60. The van der Waals surface area contributed by atoms with E-state index in [1.807, 2.05) is 6.08 Å². The molecule has 6 N–H and O–H groups in total. The summed E-state index contributed by atoms with van der Waals surface area (Å²) in [6.45, 7) is 3.72. The Morgan fingerprint density at radius 3 is 1.73 bits per heavy atom. The lowest BCUT2D eigenvalue weighted by atomic mass is 9.99. The van der Waals surface area contributed by atoms with Crippen molar-refractivity contribution < 1.29 is 39.8 Å². The number of allylic oxidation sites excluding steroid dienone is 1. The molecule has 1 aliphatic heterocycles. The molecule has 1 heterocycles. The molecule has 266 valence electrons. The van der Waals surface area contributed by atoms with Gasteiger partial charge in [-0.2, -0.15) is 0 Å². The van der Waals surface area contributed by atoms with Crippen molar-refractivity contribution in [1.82, 2.24) is 5.32 Å². The van der Waals surface area contributed by atoms with Gasteiger partial charge in [-0.05, 0) is 19.3 Å². The highest BCUT2D eigenvalue weighted by atomic mass is 16.7. The van der Waals surface area contributed by atoms with Crippen LogP contribution < -0.4 is 5.32 Å². The normalized spacial score (nSPS) is 23.4. The molecule has 9 nitrogen and oxygen atoms in total. The fourth-order valence-electron chi connectivity index (χ4n) is 5.80. The van der Waals surface area contributed by atoms with E-state index in [-0.39, 0.29) is 12.5 Å². The molecule has 7 atom stereocenters. The van der Waals surface area contributed by atoms with Crippen LogP contribution in [-0.4, -0.2) is 87.5 Å². The molecule has 9 heteroatoms. The fraction of sp³-hybridized carbons (Fsp3) is 0.917. The minimum absolute atomic E-state index is 0.181. The zero-order valence-electron chi connectivity index (χ0n) is 28.6. The number of aliphatic hydroxyl groups excluding tert-OH is 5. The SMILES string of the molecule is CCCCCCCCCCC/C=C/C(O)C(COC1OC(CO)C(O)C(O)C1O)NC(=O)CCCCCCCCCCCCC. The molecule has 0 aliphatic carbocycles. The van der Waals surface area contributed by atoms with Gasteiger partial charge in [0.25, 0.3) is 0 Å². The second kappa shape index (κ2) is 28.0. The van der Waals surface area contributed by atoms with Crippen LogP contribution in [0.25, 0.3) is 0 Å². The number of aliphatic hydroxyl groups is 5. The average molecular weight is 644 g/mol. The van der Waals surface area contributed by atoms with Gasteiger partial charge in [0, 0.05) is 6.42 Å². The Morgan fingerprint density at radius 1 is 0.733 bits per heavy atom. The molecular formula is C36H69NO8. The van der Waals surface area contributed by atoms with Gasteiger partial charge < -0.3 is 40.3 Å². The Labute approximate surface area is 274 Å². The first kappa shape index (κ1) is 42.0. The summed E-state index contributed by atoms with van der Waals surface area (Å²) in [7, 11) is 0. The van der Waals surface area contributed by atoms with Gasteiger partial charge in [-0.25, -0.2) is 0 Å². The maximum atomic E-state index is 12.8. The number of ether oxygens (including phenoxy) is 2. The maximum Gasteiger partial charge on any atom is 0.220 e. The second-order valence-corrected chi connectivity index (χ2v) is 13.0. The molecule has 7 unspecified atom stereocenters. The minimum atomic E-state index is -1.56. The number of unbranched alkanes of at least 4 members (excludes halogenated alkanes) is 19. The third kappa shape index (κ3) is 20.0. The number of nitrogens with one attached hydrogen (secondary N) is 1. The summed E-state index contributed by atoms with van der Waals surface area (Å²) in [5.41, 5.74) is 0. The molecule has 0 saturated carbocycles. The maximum absolute atomic E-state index is 12.8. The van der Waals surface area contributed by atoms with Crippen LogP contribution in [0.2, 0.25) is 0 Å². The van der Waals surface area contributed by atoms with E-state index in [0.717, 1.165) is 38.5 Å². The van der Waals surface area contributed by atoms with E-state index in [1.165, 1.54) is 96.3 Å². The van der Waals surface area contributed by atoms with E-state index in [0.29, 0.717) is 6.42 Å². The standard InChI is InChI=1S/C36H69NO8/c1-3-5-7-9-11-13-15-17-19-21-23-25-30(39)29(28-44-36-35(43)34(42)33(41)31(27-38)45-36)37-32(40)26-24-22-20-18-16-14-12-10-8-6-4-2/h23,25,29-31,33-36,38-39,41-43H,3-22,24,26-28H2,1-2H3,(H,37,40)/b25-23+. The first-order valence-corrected chi connectivity index (χ1v) is 18.4. The van der Waals surface area contributed by atoms with Gasteiger partial charge in [0.2, 0.25) is 5.91 Å². The van der Waals surface area contributed by atoms with Gasteiger partial charge in [-0.3, -0.25) is 4.79 Å². The van der Waals surface area contributed by atoms with Gasteiger partial charge in [-0.15, -0.1) is 0 Å². The van der Waals surface area contributed by atoms with Crippen molar-refractivity contribution in [3.05, 3.63) is 12.2 Å². The molecule has 0 aromatic heterocycles. The van der Waals surface area contributed by atoms with Crippen LogP contribution in [-0.2, 0) is 14.3 Å². The summed E-state index contributed by atoms with van der Waals surface area (Å²) in [6.07, 6.45) is 21.1. The Morgan fingerprint density at radius 2 is 1.22 bits per heavy atom. The molecule has 1 aliphatic rings. The van der Waals surface area contributed by atoms with E-state index in [1.54, 1.807) is 6.08 Å². The number of carbonyl (C=O) groups excluding carboxylic acids is 1. The van der Waals surface area contributed by atoms with Crippen molar-refractivity contribution in [2.45, 2.75) is 198 Å². The van der Waals surface area contributed by atoms with Gasteiger partial charge in [-0.1, -0.05) is 142 Å². The van der Waals surface area contributed by atoms with Crippen LogP contribution in [0.1, 0.15) is 155 Å². The van der Waals surface area contributed by atoms with Gasteiger partial charge in [0.1, 0.15) is 24.4 Å². The Bertz CT molecular complexity index is 721. The minimum Gasteiger partial charge on any atom is -0.394 e. The molecule has 1 fully saturated rings. The summed E-state index contributed by atoms with van der Waals surface area (Å²) in [5, 5.41) is 53.7. The molecule has 0 spiro atoms. The van der Waals surface area contributed by atoms with Crippen LogP contribution in [0.5, 0.6) is 0 Å². The van der Waals surface area contributed by atoms with Gasteiger partial charge >= 0.3 is 0 Å². The van der Waals surface area contributed by atoms with Crippen LogP contribution in [0, 0.1) is 0 Å². The van der Waals surface area contributed by atoms with Crippen molar-refractivity contribution in [2.24, 2.45) is 0 Å². The largest absolute Gasteiger partial charge is 0.394 e. The average Bonchev–Trinajstić information content (AvgIpc) is 3.04. The van der Waals surface area contributed by atoms with Crippen molar-refractivity contribution in [2.75, 3.05) is 13.2 Å². The number of hydrogen-bond acceptors (Lipinski definition) is 8. The fourth-order valence-corrected chi connectivity index (χ4v) is 5.80. The molecule has 1 amide bonds. The first-order chi connectivity index (χ1) is 21.8. The highest BCUT2D eigenvalue weighted by Crippen LogP contribution is 2.22. The predicted molar refractivity (Wildman–Crippen MR) is 180 cm³/mol. The molecular weight excluding hydrogens is 574 g/mol. The highest BCUT2D eigenvalue weighted by molar-refractivity contribution is 5.76. The summed E-state index contributed by atoms with van der Waals surface area (Å²) in [5.74, 6) is -0.181. The van der Waals surface area contributed by atoms with Crippen molar-refractivity contribution in [3.8, 4) is 0 Å². The lowest BCUT2D eigenvalue weighted by Gasteiger charge is -2.40. The number of carbonyl (C=O) groups is 1. The third-order valence-electron chi connectivity index (χ3n) is 8.86. The van der Waals surface area contributed by atoms with Gasteiger partial charge in [0.15, 0.2) is 6.29 Å². The molecule has 0 bridgehead atoms. The lowest BCUT2D eigenvalue weighted by molar-refractivity contribution is -0.302. The molecule has 0 aromatic rings. The van der Waals surface area contributed by atoms with Crippen molar-refractivity contribution in [3.63, 3.8) is 0 Å². The quantitative estimate of drug-likeness (QED) is 0.0441. The molecule has 0 aromatic carbocycles. The van der Waals surface area contributed by atoms with E-state index >= 15 is 0 Å². The Balaban J connectivity index is 2.49. The Hall–Kier alpha value is -1.07. The molecule has 45 heavy (non-hydrogen) atoms. The topological polar surface area (TPSA) is 149 Å². The zero-order chi connectivity index (χ0) is 33.1. The van der Waals surface area contributed by atoms with Crippen LogP contribution in [0.3, 0.4) is 0 Å². The van der Waals surface area contributed by atoms with E-state index in [2.05, 4.69) is 19.2 Å². The number of hydrogen-bond donors (Lipinski definition) is 6. The van der Waals surface area contributed by atoms with Crippen molar-refractivity contribution >= 4 is 5.91 Å². The predicted octanol–water partition coefficient (Wildman–Crippen LogP) is 5.83. The molecule has 1 rings (SSSR count). The highest BCUT2D eigenvalue weighted by Gasteiger charge is 2.44. The van der Waals surface area contributed by atoms with Crippen LogP contribution in [0.4, 0.5) is 0 Å². The van der Waals surface area contributed by atoms with E-state index in [9.17, 15) is 30.3 Å². The number of rotatable bonds is 29. The van der Waals surface area contributed by atoms with Crippen LogP contribution in [0.15, 0.2) is 12.2 Å². The monoisotopic (exact) mass is 644 g/mol. The Kier molecular flexibility index (Phi) is 26.1. The van der Waals surface area contributed by atoms with E-state index in [4.69, 9.17) is 9.47 Å². The van der Waals surface area contributed by atoms with Crippen molar-refractivity contribution in [1.29, 1.82) is 0 Å². The molecule has 0 radical (unpaired) electrons. The number of amides is 1. The summed E-state index contributed by atoms with van der Waals surface area (Å²) < 4.78 is 11.1. The summed E-state index contributed by atoms with van der Waals surface area (Å²) >= 11 is 0. The first-order valence-electron chi connectivity index (χ1n) is 18.4. The summed E-state index contributed by atoms with van der Waals surface area (Å²) in [6, 6.07) is -0.794. The smallest absolute Gasteiger partial charge is 0.220 e. The second-order valence-electron chi connectivity index (χ2n) is 13.0. The van der Waals surface area contributed by atoms with Crippen LogP contribution >= 0.6 is 0 Å². The summed E-state index contributed by atoms with van der Waals surface area (Å²) in [4.78, 5) is 12.8.